The molecule has 2 aromatic heterocycles. The Morgan fingerprint density at radius 1 is 1.15 bits per heavy atom. The maximum atomic E-state index is 12.8. The molecule has 146 valence electrons. The summed E-state index contributed by atoms with van der Waals surface area (Å²) in [5.41, 5.74) is 2.89. The number of amides is 2. The summed E-state index contributed by atoms with van der Waals surface area (Å²) in [6.07, 6.45) is 4.88. The van der Waals surface area contributed by atoms with Crippen molar-refractivity contribution in [2.75, 3.05) is 25.6 Å². The fourth-order valence-electron chi connectivity index (χ4n) is 3.25. The van der Waals surface area contributed by atoms with Crippen LogP contribution in [-0.2, 0) is 17.6 Å². The minimum absolute atomic E-state index is 0.0978. The Bertz CT molecular complexity index is 819. The quantitative estimate of drug-likeness (QED) is 0.673. The van der Waals surface area contributed by atoms with E-state index in [1.807, 2.05) is 19.9 Å². The summed E-state index contributed by atoms with van der Waals surface area (Å²) in [6, 6.07) is 1.91. The molecule has 7 heteroatoms. The second kappa shape index (κ2) is 8.99. The molecule has 1 aliphatic carbocycles. The Morgan fingerprint density at radius 2 is 1.93 bits per heavy atom. The van der Waals surface area contributed by atoms with E-state index >= 15 is 0 Å². The molecule has 0 atom stereocenters. The van der Waals surface area contributed by atoms with Gasteiger partial charge in [0.25, 0.3) is 11.8 Å². The number of hydrogen-bond acceptors (Lipinski definition) is 5. The van der Waals surface area contributed by atoms with E-state index < -0.39 is 0 Å². The summed E-state index contributed by atoms with van der Waals surface area (Å²) in [5.74, 6) is -0.234. The summed E-state index contributed by atoms with van der Waals surface area (Å²) >= 11 is 3.04. The maximum Gasteiger partial charge on any atom is 0.266 e. The number of nitrogens with one attached hydrogen (secondary N) is 2. The third-order valence-electron chi connectivity index (χ3n) is 4.83. The molecule has 2 amide bonds. The van der Waals surface area contributed by atoms with Gasteiger partial charge < -0.3 is 15.4 Å². The van der Waals surface area contributed by atoms with Crippen LogP contribution >= 0.6 is 22.7 Å². The van der Waals surface area contributed by atoms with Crippen LogP contribution in [0.4, 0.5) is 5.00 Å². The molecule has 0 spiro atoms. The van der Waals surface area contributed by atoms with Gasteiger partial charge in [-0.05, 0) is 63.1 Å². The van der Waals surface area contributed by atoms with Crippen LogP contribution in [0.25, 0.3) is 0 Å². The van der Waals surface area contributed by atoms with Crippen LogP contribution in [0.1, 0.15) is 60.2 Å². The van der Waals surface area contributed by atoms with E-state index in [-0.39, 0.29) is 11.8 Å². The van der Waals surface area contributed by atoms with Gasteiger partial charge in [-0.25, -0.2) is 0 Å². The minimum Gasteiger partial charge on any atom is -0.385 e. The van der Waals surface area contributed by atoms with Crippen molar-refractivity contribution in [1.82, 2.24) is 5.32 Å². The average Bonchev–Trinajstić information content (AvgIpc) is 3.18. The number of ether oxygens (including phenoxy) is 1. The number of carbonyl (C=O) groups is 2. The Balaban J connectivity index is 1.82. The number of methoxy groups -OCH3 is 1. The highest BCUT2D eigenvalue weighted by Gasteiger charge is 2.26. The summed E-state index contributed by atoms with van der Waals surface area (Å²) in [4.78, 5) is 28.6. The van der Waals surface area contributed by atoms with Crippen molar-refractivity contribution in [3.8, 4) is 0 Å². The summed E-state index contributed by atoms with van der Waals surface area (Å²) in [5, 5.41) is 6.67. The molecule has 0 fully saturated rings. The Morgan fingerprint density at radius 3 is 2.63 bits per heavy atom. The van der Waals surface area contributed by atoms with Crippen molar-refractivity contribution < 1.29 is 14.3 Å². The van der Waals surface area contributed by atoms with Gasteiger partial charge in [-0.15, -0.1) is 22.7 Å². The van der Waals surface area contributed by atoms with E-state index in [0.29, 0.717) is 28.6 Å². The number of aryl methyl sites for hydroxylation is 3. The molecular formula is C20H26N2O3S2. The van der Waals surface area contributed by atoms with E-state index in [0.717, 1.165) is 48.1 Å². The molecule has 0 saturated heterocycles. The molecule has 0 saturated carbocycles. The van der Waals surface area contributed by atoms with Crippen molar-refractivity contribution in [3.05, 3.63) is 37.4 Å². The number of rotatable bonds is 7. The number of thiophene rings is 2. The van der Waals surface area contributed by atoms with Gasteiger partial charge in [-0.1, -0.05) is 0 Å². The van der Waals surface area contributed by atoms with Gasteiger partial charge in [0, 0.05) is 30.0 Å². The molecular weight excluding hydrogens is 380 g/mol. The molecule has 5 nitrogen and oxygen atoms in total. The van der Waals surface area contributed by atoms with Gasteiger partial charge in [0.2, 0.25) is 0 Å². The Labute approximate surface area is 168 Å². The average molecular weight is 407 g/mol. The Kier molecular flexibility index (Phi) is 6.68. The molecule has 3 rings (SSSR count). The molecule has 1 aliphatic rings. The topological polar surface area (TPSA) is 67.4 Å². The lowest BCUT2D eigenvalue weighted by Crippen LogP contribution is -2.27. The first-order chi connectivity index (χ1) is 13.0. The fraction of sp³-hybridized carbons (Fsp3) is 0.500. The normalized spacial score (nSPS) is 13.3. The van der Waals surface area contributed by atoms with E-state index in [4.69, 9.17) is 4.74 Å². The lowest BCUT2D eigenvalue weighted by atomic mass is 9.95. The Hall–Kier alpha value is -1.70. The molecule has 0 bridgehead atoms. The number of fused-ring (bicyclic) bond motifs is 1. The first-order valence-corrected chi connectivity index (χ1v) is 10.9. The van der Waals surface area contributed by atoms with Crippen LogP contribution in [0.5, 0.6) is 0 Å². The van der Waals surface area contributed by atoms with E-state index in [1.54, 1.807) is 18.4 Å². The zero-order chi connectivity index (χ0) is 19.4. The van der Waals surface area contributed by atoms with E-state index in [1.165, 1.54) is 16.2 Å². The second-order valence-corrected chi connectivity index (χ2v) is 9.18. The van der Waals surface area contributed by atoms with Crippen molar-refractivity contribution >= 4 is 39.5 Å². The van der Waals surface area contributed by atoms with Crippen molar-refractivity contribution in [2.45, 2.75) is 46.0 Å². The molecule has 2 heterocycles. The highest BCUT2D eigenvalue weighted by molar-refractivity contribution is 7.17. The van der Waals surface area contributed by atoms with Crippen molar-refractivity contribution in [2.24, 2.45) is 0 Å². The van der Waals surface area contributed by atoms with Gasteiger partial charge >= 0.3 is 0 Å². The standard InChI is InChI=1S/C20H26N2O3S2/c1-12-11-16(26-13(12)2)18(23)22-20-17(19(24)21-9-6-10-25-3)14-7-4-5-8-15(14)27-20/h11H,4-10H2,1-3H3,(H,21,24)(H,22,23). The first kappa shape index (κ1) is 20.0. The van der Waals surface area contributed by atoms with Crippen LogP contribution in [0.15, 0.2) is 6.07 Å². The molecule has 27 heavy (non-hydrogen) atoms. The van der Waals surface area contributed by atoms with Gasteiger partial charge in [0.05, 0.1) is 10.4 Å². The zero-order valence-electron chi connectivity index (χ0n) is 16.1. The molecule has 0 unspecified atom stereocenters. The van der Waals surface area contributed by atoms with Crippen LogP contribution < -0.4 is 10.6 Å². The van der Waals surface area contributed by atoms with Gasteiger partial charge in [-0.2, -0.15) is 0 Å². The van der Waals surface area contributed by atoms with Crippen LogP contribution in [-0.4, -0.2) is 32.1 Å². The lowest BCUT2D eigenvalue weighted by Gasteiger charge is -2.13. The van der Waals surface area contributed by atoms with Gasteiger partial charge in [0.15, 0.2) is 0 Å². The fourth-order valence-corrected chi connectivity index (χ4v) is 5.46. The zero-order valence-corrected chi connectivity index (χ0v) is 17.7. The van der Waals surface area contributed by atoms with Crippen LogP contribution in [0.2, 0.25) is 0 Å². The number of hydrogen-bond donors (Lipinski definition) is 2. The number of anilines is 1. The van der Waals surface area contributed by atoms with E-state index in [2.05, 4.69) is 10.6 Å². The van der Waals surface area contributed by atoms with Crippen molar-refractivity contribution in [3.63, 3.8) is 0 Å². The van der Waals surface area contributed by atoms with Crippen LogP contribution in [0.3, 0.4) is 0 Å². The highest BCUT2D eigenvalue weighted by Crippen LogP contribution is 2.38. The largest absolute Gasteiger partial charge is 0.385 e. The second-order valence-electron chi connectivity index (χ2n) is 6.82. The predicted octanol–water partition coefficient (Wildman–Crippen LogP) is 4.32. The van der Waals surface area contributed by atoms with Gasteiger partial charge in [-0.3, -0.25) is 9.59 Å². The summed E-state index contributed by atoms with van der Waals surface area (Å²) in [7, 11) is 1.65. The molecule has 2 N–H and O–H groups in total. The SMILES string of the molecule is COCCCNC(=O)c1c(NC(=O)c2cc(C)c(C)s2)sc2c1CCCC2. The monoisotopic (exact) mass is 406 g/mol. The summed E-state index contributed by atoms with van der Waals surface area (Å²) in [6.45, 7) is 5.20. The smallest absolute Gasteiger partial charge is 0.266 e. The maximum absolute atomic E-state index is 12.8. The molecule has 0 aliphatic heterocycles. The predicted molar refractivity (Wildman–Crippen MR) is 112 cm³/mol. The molecule has 0 radical (unpaired) electrons. The van der Waals surface area contributed by atoms with Crippen LogP contribution in [0, 0.1) is 13.8 Å². The third-order valence-corrected chi connectivity index (χ3v) is 7.18. The highest BCUT2D eigenvalue weighted by atomic mass is 32.1. The number of carbonyl (C=O) groups excluding carboxylic acids is 2. The minimum atomic E-state index is -0.136. The lowest BCUT2D eigenvalue weighted by molar-refractivity contribution is 0.0948. The molecule has 2 aromatic rings. The van der Waals surface area contributed by atoms with Gasteiger partial charge in [0.1, 0.15) is 5.00 Å². The summed E-state index contributed by atoms with van der Waals surface area (Å²) < 4.78 is 5.04. The van der Waals surface area contributed by atoms with E-state index in [9.17, 15) is 9.59 Å². The first-order valence-electron chi connectivity index (χ1n) is 9.31. The van der Waals surface area contributed by atoms with Crippen molar-refractivity contribution in [1.29, 1.82) is 0 Å². The molecule has 0 aromatic carbocycles. The third kappa shape index (κ3) is 4.59.